The van der Waals surface area contributed by atoms with E-state index in [1.165, 1.54) is 24.9 Å². The first-order valence-corrected chi connectivity index (χ1v) is 4.20. The van der Waals surface area contributed by atoms with Crippen LogP contribution in [0.1, 0.15) is 0 Å². The number of anilines is 1. The van der Waals surface area contributed by atoms with Gasteiger partial charge in [-0.25, -0.2) is 9.78 Å². The second-order valence-corrected chi connectivity index (χ2v) is 3.17. The van der Waals surface area contributed by atoms with Crippen molar-refractivity contribution in [3.05, 3.63) is 27.0 Å². The smallest absolute Gasteiger partial charge is 0.332 e. The predicted octanol–water partition coefficient (Wildman–Crippen LogP) is -1.39. The van der Waals surface area contributed by atoms with Gasteiger partial charge in [-0.15, -0.1) is 0 Å². The summed E-state index contributed by atoms with van der Waals surface area (Å²) in [5.41, 5.74) is 4.77. The topological polar surface area (TPSA) is 95.8 Å². The van der Waals surface area contributed by atoms with E-state index in [9.17, 15) is 9.59 Å². The van der Waals surface area contributed by atoms with Crippen LogP contribution < -0.4 is 17.0 Å². The number of hydrogen-bond acceptors (Lipinski definition) is 5. The third kappa shape index (κ3) is 1.20. The number of hydrogen-bond donors (Lipinski definition) is 1. The molecule has 0 aromatic carbocycles. The van der Waals surface area contributed by atoms with Crippen molar-refractivity contribution in [2.75, 3.05) is 5.73 Å². The summed E-state index contributed by atoms with van der Waals surface area (Å²) in [5.74, 6) is 0.0331. The van der Waals surface area contributed by atoms with Crippen molar-refractivity contribution >= 4 is 17.0 Å². The number of nitrogens with two attached hydrogens (primary N) is 1. The average molecular weight is 207 g/mol. The van der Waals surface area contributed by atoms with E-state index in [2.05, 4.69) is 9.97 Å². The summed E-state index contributed by atoms with van der Waals surface area (Å²) in [4.78, 5) is 30.8. The Morgan fingerprint density at radius 1 is 1.27 bits per heavy atom. The number of fused-ring (bicyclic) bond motifs is 1. The molecule has 0 atom stereocenters. The van der Waals surface area contributed by atoms with Gasteiger partial charge in [0.05, 0.1) is 0 Å². The van der Waals surface area contributed by atoms with E-state index in [1.54, 1.807) is 0 Å². The van der Waals surface area contributed by atoms with E-state index < -0.39 is 11.2 Å². The maximum Gasteiger partial charge on any atom is 0.332 e. The van der Waals surface area contributed by atoms with Crippen LogP contribution in [0.25, 0.3) is 11.0 Å². The summed E-state index contributed by atoms with van der Waals surface area (Å²) in [6.07, 6.45) is 1.32. The minimum atomic E-state index is -0.439. The zero-order valence-corrected chi connectivity index (χ0v) is 8.26. The SMILES string of the molecule is Cn1c(=O)c2cnc(N)nc2n(C)c1=O. The average Bonchev–Trinajstić information content (AvgIpc) is 2.23. The minimum absolute atomic E-state index is 0.0331. The molecule has 2 rings (SSSR count). The highest BCUT2D eigenvalue weighted by molar-refractivity contribution is 5.73. The van der Waals surface area contributed by atoms with Crippen LogP contribution in [0, 0.1) is 0 Å². The summed E-state index contributed by atoms with van der Waals surface area (Å²) in [7, 11) is 2.93. The molecule has 7 heteroatoms. The lowest BCUT2D eigenvalue weighted by Crippen LogP contribution is -2.37. The van der Waals surface area contributed by atoms with Crippen LogP contribution in [0.4, 0.5) is 5.95 Å². The fraction of sp³-hybridized carbons (Fsp3) is 0.250. The summed E-state index contributed by atoms with van der Waals surface area (Å²) < 4.78 is 2.26. The van der Waals surface area contributed by atoms with Crippen molar-refractivity contribution in [2.45, 2.75) is 0 Å². The van der Waals surface area contributed by atoms with Gasteiger partial charge in [-0.2, -0.15) is 4.98 Å². The molecule has 0 aliphatic heterocycles. The summed E-state index contributed by atoms with van der Waals surface area (Å²) in [5, 5.41) is 0.272. The van der Waals surface area contributed by atoms with Crippen molar-refractivity contribution in [3.8, 4) is 0 Å². The Kier molecular flexibility index (Phi) is 1.82. The van der Waals surface area contributed by atoms with Crippen LogP contribution >= 0.6 is 0 Å². The van der Waals surface area contributed by atoms with Gasteiger partial charge in [0.1, 0.15) is 5.39 Å². The highest BCUT2D eigenvalue weighted by Gasteiger charge is 2.09. The number of rotatable bonds is 0. The van der Waals surface area contributed by atoms with Crippen molar-refractivity contribution in [1.82, 2.24) is 19.1 Å². The largest absolute Gasteiger partial charge is 0.368 e. The Labute approximate surface area is 83.8 Å². The summed E-state index contributed by atoms with van der Waals surface area (Å²) in [6.45, 7) is 0. The van der Waals surface area contributed by atoms with Gasteiger partial charge < -0.3 is 5.73 Å². The number of nitrogen functional groups attached to an aromatic ring is 1. The molecule has 2 aromatic rings. The first-order valence-electron chi connectivity index (χ1n) is 4.20. The normalized spacial score (nSPS) is 10.8. The van der Waals surface area contributed by atoms with Gasteiger partial charge in [-0.3, -0.25) is 13.9 Å². The van der Waals surface area contributed by atoms with Crippen molar-refractivity contribution < 1.29 is 0 Å². The van der Waals surface area contributed by atoms with E-state index in [0.717, 1.165) is 4.57 Å². The molecular weight excluding hydrogens is 198 g/mol. The Hall–Kier alpha value is -2.18. The van der Waals surface area contributed by atoms with E-state index in [0.29, 0.717) is 0 Å². The molecule has 7 nitrogen and oxygen atoms in total. The highest BCUT2D eigenvalue weighted by atomic mass is 16.2. The molecule has 0 radical (unpaired) electrons. The van der Waals surface area contributed by atoms with Crippen LogP contribution in [0.2, 0.25) is 0 Å². The number of aromatic nitrogens is 4. The molecule has 78 valence electrons. The van der Waals surface area contributed by atoms with Crippen LogP contribution in [0.5, 0.6) is 0 Å². The Balaban J connectivity index is 3.15. The third-order valence-electron chi connectivity index (χ3n) is 2.21. The number of nitrogens with zero attached hydrogens (tertiary/aromatic N) is 4. The van der Waals surface area contributed by atoms with Gasteiger partial charge in [0, 0.05) is 20.3 Å². The first-order chi connectivity index (χ1) is 7.02. The van der Waals surface area contributed by atoms with E-state index in [-0.39, 0.29) is 17.0 Å². The zero-order chi connectivity index (χ0) is 11.2. The highest BCUT2D eigenvalue weighted by Crippen LogP contribution is 2.02. The molecule has 0 bridgehead atoms. The fourth-order valence-corrected chi connectivity index (χ4v) is 1.38. The van der Waals surface area contributed by atoms with Crippen LogP contribution in [0.3, 0.4) is 0 Å². The maximum absolute atomic E-state index is 11.6. The molecule has 0 amide bonds. The van der Waals surface area contributed by atoms with Crippen LogP contribution in [-0.2, 0) is 14.1 Å². The maximum atomic E-state index is 11.6. The molecular formula is C8H9N5O2. The van der Waals surface area contributed by atoms with Gasteiger partial charge in [0.2, 0.25) is 5.95 Å². The molecule has 0 unspecified atom stereocenters. The Morgan fingerprint density at radius 3 is 2.60 bits per heavy atom. The minimum Gasteiger partial charge on any atom is -0.368 e. The van der Waals surface area contributed by atoms with Crippen molar-refractivity contribution in [3.63, 3.8) is 0 Å². The molecule has 2 N–H and O–H groups in total. The van der Waals surface area contributed by atoms with E-state index >= 15 is 0 Å². The van der Waals surface area contributed by atoms with Gasteiger partial charge in [-0.1, -0.05) is 0 Å². The molecule has 0 spiro atoms. The molecule has 0 saturated heterocycles. The van der Waals surface area contributed by atoms with Gasteiger partial charge in [0.25, 0.3) is 5.56 Å². The second kappa shape index (κ2) is 2.91. The molecule has 2 aromatic heterocycles. The quantitative estimate of drug-likeness (QED) is 0.573. The van der Waals surface area contributed by atoms with E-state index in [4.69, 9.17) is 5.73 Å². The van der Waals surface area contributed by atoms with E-state index in [1.807, 2.05) is 0 Å². The Morgan fingerprint density at radius 2 is 1.93 bits per heavy atom. The molecule has 0 fully saturated rings. The molecule has 0 aliphatic carbocycles. The van der Waals surface area contributed by atoms with Gasteiger partial charge >= 0.3 is 5.69 Å². The van der Waals surface area contributed by atoms with Crippen molar-refractivity contribution in [2.24, 2.45) is 14.1 Å². The zero-order valence-electron chi connectivity index (χ0n) is 8.26. The van der Waals surface area contributed by atoms with Crippen LogP contribution in [-0.4, -0.2) is 19.1 Å². The Bertz CT molecular complexity index is 654. The van der Waals surface area contributed by atoms with Crippen molar-refractivity contribution in [1.29, 1.82) is 0 Å². The molecule has 2 heterocycles. The third-order valence-corrected chi connectivity index (χ3v) is 2.21. The van der Waals surface area contributed by atoms with Gasteiger partial charge in [-0.05, 0) is 0 Å². The van der Waals surface area contributed by atoms with Gasteiger partial charge in [0.15, 0.2) is 5.65 Å². The molecule has 15 heavy (non-hydrogen) atoms. The molecule has 0 saturated carbocycles. The second-order valence-electron chi connectivity index (χ2n) is 3.17. The lowest BCUT2D eigenvalue weighted by atomic mass is 10.4. The first kappa shape index (κ1) is 9.38. The summed E-state index contributed by atoms with van der Waals surface area (Å²) >= 11 is 0. The lowest BCUT2D eigenvalue weighted by Gasteiger charge is -2.05. The molecule has 0 aliphatic rings. The fourth-order valence-electron chi connectivity index (χ4n) is 1.38. The number of aryl methyl sites for hydroxylation is 1. The van der Waals surface area contributed by atoms with Crippen LogP contribution in [0.15, 0.2) is 15.8 Å². The monoisotopic (exact) mass is 207 g/mol. The predicted molar refractivity (Wildman–Crippen MR) is 54.4 cm³/mol. The standard InChI is InChI=1S/C8H9N5O2/c1-12-5-4(3-10-7(9)11-5)6(14)13(2)8(12)15/h3H,1-2H3,(H2,9,10,11). The lowest BCUT2D eigenvalue weighted by molar-refractivity contribution is 0.707. The summed E-state index contributed by atoms with van der Waals surface area (Å²) in [6, 6.07) is 0.